The second-order valence-corrected chi connectivity index (χ2v) is 6.02. The lowest BCUT2D eigenvalue weighted by Gasteiger charge is -2.05. The molecule has 0 atom stereocenters. The SMILES string of the molecule is O=C(COC(=O)C=Cc1ccc2c(c1)OCO2)Nc1ccc(Br)cc1. The van der Waals surface area contributed by atoms with Gasteiger partial charge in [-0.3, -0.25) is 4.79 Å². The van der Waals surface area contributed by atoms with E-state index in [1.54, 1.807) is 48.5 Å². The number of rotatable bonds is 5. The van der Waals surface area contributed by atoms with Crippen LogP contribution in [0.4, 0.5) is 5.69 Å². The van der Waals surface area contributed by atoms with E-state index in [0.717, 1.165) is 10.0 Å². The minimum atomic E-state index is -0.608. The molecule has 1 N–H and O–H groups in total. The topological polar surface area (TPSA) is 73.9 Å². The highest BCUT2D eigenvalue weighted by Crippen LogP contribution is 2.32. The Morgan fingerprint density at radius 1 is 1.12 bits per heavy atom. The van der Waals surface area contributed by atoms with E-state index >= 15 is 0 Å². The molecule has 1 amide bonds. The number of ether oxygens (including phenoxy) is 3. The van der Waals surface area contributed by atoms with Gasteiger partial charge in [0.25, 0.3) is 5.91 Å². The van der Waals surface area contributed by atoms with Crippen LogP contribution in [-0.4, -0.2) is 25.3 Å². The fourth-order valence-electron chi connectivity index (χ4n) is 2.10. The molecule has 3 rings (SSSR count). The van der Waals surface area contributed by atoms with Crippen molar-refractivity contribution in [2.75, 3.05) is 18.7 Å². The van der Waals surface area contributed by atoms with Gasteiger partial charge in [0.15, 0.2) is 18.1 Å². The van der Waals surface area contributed by atoms with Crippen molar-refractivity contribution in [3.8, 4) is 11.5 Å². The Balaban J connectivity index is 1.47. The van der Waals surface area contributed by atoms with Gasteiger partial charge < -0.3 is 19.5 Å². The van der Waals surface area contributed by atoms with Gasteiger partial charge in [0.1, 0.15) is 0 Å². The van der Waals surface area contributed by atoms with Crippen molar-refractivity contribution in [1.29, 1.82) is 0 Å². The molecule has 0 fully saturated rings. The summed E-state index contributed by atoms with van der Waals surface area (Å²) < 4.78 is 16.3. The third kappa shape index (κ3) is 4.84. The summed E-state index contributed by atoms with van der Waals surface area (Å²) in [6, 6.07) is 12.4. The molecule has 0 aromatic heterocycles. The molecule has 7 heteroatoms. The molecule has 1 heterocycles. The molecule has 0 spiro atoms. The van der Waals surface area contributed by atoms with E-state index in [9.17, 15) is 9.59 Å². The van der Waals surface area contributed by atoms with Crippen LogP contribution < -0.4 is 14.8 Å². The summed E-state index contributed by atoms with van der Waals surface area (Å²) in [4.78, 5) is 23.4. The van der Waals surface area contributed by atoms with Crippen LogP contribution >= 0.6 is 15.9 Å². The number of fused-ring (bicyclic) bond motifs is 1. The van der Waals surface area contributed by atoms with E-state index in [4.69, 9.17) is 14.2 Å². The number of halogens is 1. The van der Waals surface area contributed by atoms with Crippen molar-refractivity contribution in [3.63, 3.8) is 0 Å². The first-order chi connectivity index (χ1) is 12.1. The summed E-state index contributed by atoms with van der Waals surface area (Å²) in [6.07, 6.45) is 2.83. The van der Waals surface area contributed by atoms with E-state index in [1.807, 2.05) is 0 Å². The van der Waals surface area contributed by atoms with Crippen molar-refractivity contribution in [2.45, 2.75) is 0 Å². The second kappa shape index (κ2) is 7.85. The molecule has 0 unspecified atom stereocenters. The van der Waals surface area contributed by atoms with Gasteiger partial charge in [-0.25, -0.2) is 4.79 Å². The molecule has 1 aliphatic rings. The summed E-state index contributed by atoms with van der Waals surface area (Å²) in [5.74, 6) is 0.282. The number of hydrogen-bond donors (Lipinski definition) is 1. The molecular formula is C18H14BrNO5. The maximum atomic E-state index is 11.7. The number of hydrogen-bond acceptors (Lipinski definition) is 5. The molecule has 2 aromatic rings. The Labute approximate surface area is 152 Å². The fraction of sp³-hybridized carbons (Fsp3) is 0.111. The first kappa shape index (κ1) is 17.0. The lowest BCUT2D eigenvalue weighted by Crippen LogP contribution is -2.20. The Kier molecular flexibility index (Phi) is 5.35. The molecule has 0 aliphatic carbocycles. The molecule has 6 nitrogen and oxygen atoms in total. The average Bonchev–Trinajstić information content (AvgIpc) is 3.08. The summed E-state index contributed by atoms with van der Waals surface area (Å²) in [7, 11) is 0. The zero-order chi connectivity index (χ0) is 17.6. The quantitative estimate of drug-likeness (QED) is 0.611. The number of carbonyl (C=O) groups is 2. The fourth-order valence-corrected chi connectivity index (χ4v) is 2.36. The Morgan fingerprint density at radius 3 is 2.68 bits per heavy atom. The summed E-state index contributed by atoms with van der Waals surface area (Å²) in [5.41, 5.74) is 1.39. The molecule has 0 bridgehead atoms. The number of benzene rings is 2. The van der Waals surface area contributed by atoms with Crippen LogP contribution in [0, 0.1) is 0 Å². The van der Waals surface area contributed by atoms with Crippen molar-refractivity contribution >= 4 is 39.6 Å². The lowest BCUT2D eigenvalue weighted by atomic mass is 10.2. The summed E-state index contributed by atoms with van der Waals surface area (Å²) >= 11 is 3.31. The first-order valence-electron chi connectivity index (χ1n) is 7.40. The highest BCUT2D eigenvalue weighted by Gasteiger charge is 2.12. The third-order valence-corrected chi connectivity index (χ3v) is 3.81. The molecule has 1 aliphatic heterocycles. The Morgan fingerprint density at radius 2 is 1.88 bits per heavy atom. The van der Waals surface area contributed by atoms with Crippen molar-refractivity contribution in [1.82, 2.24) is 0 Å². The summed E-state index contributed by atoms with van der Waals surface area (Å²) in [6.45, 7) is -0.168. The highest BCUT2D eigenvalue weighted by molar-refractivity contribution is 9.10. The third-order valence-electron chi connectivity index (χ3n) is 3.28. The van der Waals surface area contributed by atoms with E-state index in [0.29, 0.717) is 17.2 Å². The zero-order valence-corrected chi connectivity index (χ0v) is 14.6. The number of amides is 1. The second-order valence-electron chi connectivity index (χ2n) is 5.11. The van der Waals surface area contributed by atoms with Gasteiger partial charge in [0.05, 0.1) is 0 Å². The van der Waals surface area contributed by atoms with Gasteiger partial charge in [-0.2, -0.15) is 0 Å². The van der Waals surface area contributed by atoms with E-state index in [1.165, 1.54) is 6.08 Å². The number of carbonyl (C=O) groups excluding carboxylic acids is 2. The van der Waals surface area contributed by atoms with Crippen molar-refractivity contribution in [2.24, 2.45) is 0 Å². The van der Waals surface area contributed by atoms with E-state index in [2.05, 4.69) is 21.2 Å². The van der Waals surface area contributed by atoms with Crippen LogP contribution in [-0.2, 0) is 14.3 Å². The molecule has 0 saturated heterocycles. The average molecular weight is 404 g/mol. The van der Waals surface area contributed by atoms with Crippen molar-refractivity contribution in [3.05, 3.63) is 58.6 Å². The predicted molar refractivity (Wildman–Crippen MR) is 95.3 cm³/mol. The number of nitrogens with one attached hydrogen (secondary N) is 1. The molecule has 0 radical (unpaired) electrons. The molecular weight excluding hydrogens is 390 g/mol. The van der Waals surface area contributed by atoms with Crippen LogP contribution in [0.1, 0.15) is 5.56 Å². The van der Waals surface area contributed by atoms with Gasteiger partial charge in [0, 0.05) is 16.2 Å². The minimum Gasteiger partial charge on any atom is -0.454 e. The minimum absolute atomic E-state index is 0.192. The van der Waals surface area contributed by atoms with Crippen LogP contribution in [0.2, 0.25) is 0 Å². The maximum Gasteiger partial charge on any atom is 0.331 e. The molecule has 128 valence electrons. The highest BCUT2D eigenvalue weighted by atomic mass is 79.9. The first-order valence-corrected chi connectivity index (χ1v) is 8.19. The number of esters is 1. The maximum absolute atomic E-state index is 11.7. The molecule has 25 heavy (non-hydrogen) atoms. The molecule has 2 aromatic carbocycles. The zero-order valence-electron chi connectivity index (χ0n) is 13.0. The smallest absolute Gasteiger partial charge is 0.331 e. The predicted octanol–water partition coefficient (Wildman–Crippen LogP) is 3.37. The van der Waals surface area contributed by atoms with Crippen LogP contribution in [0.5, 0.6) is 11.5 Å². The standard InChI is InChI=1S/C18H14BrNO5/c19-13-3-5-14(6-4-13)20-17(21)10-23-18(22)8-2-12-1-7-15-16(9-12)25-11-24-15/h1-9H,10-11H2,(H,20,21). The van der Waals surface area contributed by atoms with Crippen molar-refractivity contribution < 1.29 is 23.8 Å². The van der Waals surface area contributed by atoms with E-state index in [-0.39, 0.29) is 13.4 Å². The van der Waals surface area contributed by atoms with Gasteiger partial charge in [0.2, 0.25) is 6.79 Å². The van der Waals surface area contributed by atoms with Gasteiger partial charge in [-0.05, 0) is 48.0 Å². The largest absolute Gasteiger partial charge is 0.454 e. The van der Waals surface area contributed by atoms with Gasteiger partial charge in [-0.1, -0.05) is 22.0 Å². The van der Waals surface area contributed by atoms with Gasteiger partial charge >= 0.3 is 5.97 Å². The van der Waals surface area contributed by atoms with Crippen LogP contribution in [0.3, 0.4) is 0 Å². The number of anilines is 1. The molecule has 0 saturated carbocycles. The normalized spacial score (nSPS) is 12.2. The summed E-state index contributed by atoms with van der Waals surface area (Å²) in [5, 5.41) is 2.64. The van der Waals surface area contributed by atoms with Gasteiger partial charge in [-0.15, -0.1) is 0 Å². The van der Waals surface area contributed by atoms with Crippen LogP contribution in [0.25, 0.3) is 6.08 Å². The van der Waals surface area contributed by atoms with E-state index < -0.39 is 11.9 Å². The monoisotopic (exact) mass is 403 g/mol. The Bertz CT molecular complexity index is 817. The Hall–Kier alpha value is -2.80. The van der Waals surface area contributed by atoms with Crippen LogP contribution in [0.15, 0.2) is 53.0 Å². The lowest BCUT2D eigenvalue weighted by molar-refractivity contribution is -0.142.